The second kappa shape index (κ2) is 11.7. The first-order valence-electron chi connectivity index (χ1n) is 8.43. The highest BCUT2D eigenvalue weighted by atomic mass is 127. The predicted octanol–water partition coefficient (Wildman–Crippen LogP) is 3.67. The number of guanidine groups is 1. The van der Waals surface area contributed by atoms with Gasteiger partial charge in [-0.3, -0.25) is 4.98 Å². The Hall–Kier alpha value is -1.90. The van der Waals surface area contributed by atoms with Crippen LogP contribution in [0.15, 0.2) is 47.6 Å². The van der Waals surface area contributed by atoms with E-state index >= 15 is 0 Å². The molecule has 0 bridgehead atoms. The Morgan fingerprint density at radius 3 is 2.77 bits per heavy atom. The Bertz CT molecular complexity index is 711. The fourth-order valence-corrected chi connectivity index (χ4v) is 2.23. The Labute approximate surface area is 171 Å². The zero-order valence-corrected chi connectivity index (χ0v) is 17.7. The largest absolute Gasteiger partial charge is 0.489 e. The van der Waals surface area contributed by atoms with Crippen LogP contribution in [-0.4, -0.2) is 30.1 Å². The van der Waals surface area contributed by atoms with Crippen molar-refractivity contribution in [1.82, 2.24) is 15.6 Å². The number of halogens is 2. The molecule has 0 aliphatic rings. The van der Waals surface area contributed by atoms with Gasteiger partial charge in [-0.15, -0.1) is 24.0 Å². The van der Waals surface area contributed by atoms with Gasteiger partial charge in [0.1, 0.15) is 17.7 Å². The number of nitrogens with one attached hydrogen (secondary N) is 2. The number of aliphatic imine (C=N–C) groups is 1. The highest BCUT2D eigenvalue weighted by molar-refractivity contribution is 14.0. The fourth-order valence-electron chi connectivity index (χ4n) is 2.23. The molecule has 2 rings (SSSR count). The number of ether oxygens (including phenoxy) is 1. The maximum Gasteiger partial charge on any atom is 0.191 e. The second-order valence-electron chi connectivity index (χ2n) is 5.73. The predicted molar refractivity (Wildman–Crippen MR) is 114 cm³/mol. The Morgan fingerprint density at radius 1 is 1.27 bits per heavy atom. The number of pyridine rings is 1. The molecule has 5 nitrogen and oxygen atoms in total. The van der Waals surface area contributed by atoms with Crippen LogP contribution in [0.3, 0.4) is 0 Å². The van der Waals surface area contributed by atoms with Crippen LogP contribution in [0.5, 0.6) is 5.75 Å². The van der Waals surface area contributed by atoms with Crippen molar-refractivity contribution in [3.05, 3.63) is 59.7 Å². The molecule has 1 unspecified atom stereocenters. The van der Waals surface area contributed by atoms with E-state index in [4.69, 9.17) is 4.74 Å². The molecule has 0 saturated carbocycles. The van der Waals surface area contributed by atoms with Gasteiger partial charge in [-0.05, 0) is 44.5 Å². The van der Waals surface area contributed by atoms with Crippen molar-refractivity contribution in [1.29, 1.82) is 0 Å². The lowest BCUT2D eigenvalue weighted by Gasteiger charge is -2.17. The van der Waals surface area contributed by atoms with E-state index in [1.54, 1.807) is 18.3 Å². The molecule has 0 saturated heterocycles. The summed E-state index contributed by atoms with van der Waals surface area (Å²) >= 11 is 0. The molecule has 0 amide bonds. The van der Waals surface area contributed by atoms with Crippen molar-refractivity contribution in [3.8, 4) is 5.75 Å². The average Bonchev–Trinajstić information content (AvgIpc) is 2.58. The van der Waals surface area contributed by atoms with Gasteiger partial charge in [-0.2, -0.15) is 0 Å². The molecule has 0 aliphatic heterocycles. The first-order valence-corrected chi connectivity index (χ1v) is 8.43. The van der Waals surface area contributed by atoms with Crippen molar-refractivity contribution in [2.75, 3.05) is 13.1 Å². The maximum atomic E-state index is 13.2. The third-order valence-electron chi connectivity index (χ3n) is 3.54. The van der Waals surface area contributed by atoms with Gasteiger partial charge in [-0.25, -0.2) is 9.38 Å². The minimum Gasteiger partial charge on any atom is -0.489 e. The minimum atomic E-state index is -0.307. The van der Waals surface area contributed by atoms with Gasteiger partial charge >= 0.3 is 0 Å². The first kappa shape index (κ1) is 22.1. The highest BCUT2D eigenvalue weighted by Gasteiger charge is 2.07. The van der Waals surface area contributed by atoms with Crippen molar-refractivity contribution < 1.29 is 9.13 Å². The summed E-state index contributed by atoms with van der Waals surface area (Å²) in [5.74, 6) is 0.904. The number of hydrogen-bond donors (Lipinski definition) is 2. The van der Waals surface area contributed by atoms with Crippen molar-refractivity contribution in [2.45, 2.75) is 33.4 Å². The van der Waals surface area contributed by atoms with Crippen LogP contribution in [0, 0.1) is 12.7 Å². The molecule has 1 heterocycles. The zero-order valence-electron chi connectivity index (χ0n) is 15.3. The Morgan fingerprint density at radius 2 is 2.08 bits per heavy atom. The summed E-state index contributed by atoms with van der Waals surface area (Å²) in [5, 5.41) is 6.43. The van der Waals surface area contributed by atoms with E-state index in [2.05, 4.69) is 20.6 Å². The van der Waals surface area contributed by atoms with Gasteiger partial charge in [0.05, 0.1) is 18.8 Å². The molecule has 142 valence electrons. The Kier molecular flexibility index (Phi) is 9.93. The first-order chi connectivity index (χ1) is 12.1. The third kappa shape index (κ3) is 7.55. The van der Waals surface area contributed by atoms with Gasteiger partial charge in [0, 0.05) is 18.8 Å². The van der Waals surface area contributed by atoms with Gasteiger partial charge in [0.15, 0.2) is 5.96 Å². The smallest absolute Gasteiger partial charge is 0.191 e. The summed E-state index contributed by atoms with van der Waals surface area (Å²) < 4.78 is 18.9. The summed E-state index contributed by atoms with van der Waals surface area (Å²) in [6.07, 6.45) is 1.63. The molecular weight excluding hydrogens is 446 g/mol. The number of benzene rings is 1. The SMILES string of the molecule is CCNC(=NCc1ncccc1C)NCC(C)Oc1cccc(F)c1.I. The maximum absolute atomic E-state index is 13.2. The monoisotopic (exact) mass is 472 g/mol. The van der Waals surface area contributed by atoms with E-state index in [0.717, 1.165) is 17.8 Å². The summed E-state index contributed by atoms with van der Waals surface area (Å²) in [6, 6.07) is 10.1. The molecule has 1 aromatic carbocycles. The normalized spacial score (nSPS) is 12.1. The quantitative estimate of drug-likeness (QED) is 0.367. The van der Waals surface area contributed by atoms with E-state index in [1.807, 2.05) is 32.9 Å². The molecule has 2 N–H and O–H groups in total. The molecule has 2 aromatic rings. The molecule has 7 heteroatoms. The van der Waals surface area contributed by atoms with E-state index in [9.17, 15) is 4.39 Å². The standard InChI is InChI=1S/C19H25FN4O.HI/c1-4-21-19(24-13-18-14(2)7-6-10-22-18)23-12-15(3)25-17-9-5-8-16(20)11-17;/h5-11,15H,4,12-13H2,1-3H3,(H2,21,23,24);1H. The molecule has 1 atom stereocenters. The molecule has 0 aliphatic carbocycles. The number of aromatic nitrogens is 1. The van der Waals surface area contributed by atoms with Crippen LogP contribution >= 0.6 is 24.0 Å². The van der Waals surface area contributed by atoms with Crippen LogP contribution in [0.1, 0.15) is 25.1 Å². The van der Waals surface area contributed by atoms with Crippen LogP contribution in [0.25, 0.3) is 0 Å². The zero-order chi connectivity index (χ0) is 18.1. The van der Waals surface area contributed by atoms with Crippen LogP contribution in [0.4, 0.5) is 4.39 Å². The summed E-state index contributed by atoms with van der Waals surface area (Å²) in [5.41, 5.74) is 2.06. The molecule has 0 spiro atoms. The summed E-state index contributed by atoms with van der Waals surface area (Å²) in [6.45, 7) is 7.75. The lowest BCUT2D eigenvalue weighted by atomic mass is 10.2. The number of nitrogens with zero attached hydrogens (tertiary/aromatic N) is 2. The fraction of sp³-hybridized carbons (Fsp3) is 0.368. The topological polar surface area (TPSA) is 58.5 Å². The molecule has 0 fully saturated rings. The molecular formula is C19H26FIN4O. The van der Waals surface area contributed by atoms with Gasteiger partial charge in [0.2, 0.25) is 0 Å². The number of rotatable bonds is 7. The van der Waals surface area contributed by atoms with Crippen LogP contribution in [-0.2, 0) is 6.54 Å². The van der Waals surface area contributed by atoms with E-state index in [1.165, 1.54) is 12.1 Å². The van der Waals surface area contributed by atoms with Crippen molar-refractivity contribution in [2.24, 2.45) is 4.99 Å². The third-order valence-corrected chi connectivity index (χ3v) is 3.54. The van der Waals surface area contributed by atoms with Crippen molar-refractivity contribution >= 4 is 29.9 Å². The van der Waals surface area contributed by atoms with Gasteiger partial charge in [-0.1, -0.05) is 12.1 Å². The van der Waals surface area contributed by atoms with Crippen LogP contribution < -0.4 is 15.4 Å². The molecule has 0 radical (unpaired) electrons. The van der Waals surface area contributed by atoms with Gasteiger partial charge in [0.25, 0.3) is 0 Å². The van der Waals surface area contributed by atoms with Crippen molar-refractivity contribution in [3.63, 3.8) is 0 Å². The second-order valence-corrected chi connectivity index (χ2v) is 5.73. The Balaban J connectivity index is 0.00000338. The van der Waals surface area contributed by atoms with E-state index in [-0.39, 0.29) is 35.9 Å². The lowest BCUT2D eigenvalue weighted by Crippen LogP contribution is -2.41. The summed E-state index contributed by atoms with van der Waals surface area (Å²) in [4.78, 5) is 8.90. The molecule has 1 aromatic heterocycles. The lowest BCUT2D eigenvalue weighted by molar-refractivity contribution is 0.223. The number of hydrogen-bond acceptors (Lipinski definition) is 3. The summed E-state index contributed by atoms with van der Waals surface area (Å²) in [7, 11) is 0. The van der Waals surface area contributed by atoms with Gasteiger partial charge < -0.3 is 15.4 Å². The van der Waals surface area contributed by atoms with Crippen LogP contribution in [0.2, 0.25) is 0 Å². The highest BCUT2D eigenvalue weighted by Crippen LogP contribution is 2.13. The number of aryl methyl sites for hydroxylation is 1. The molecule has 26 heavy (non-hydrogen) atoms. The minimum absolute atomic E-state index is 0. The van der Waals surface area contributed by atoms with E-state index in [0.29, 0.717) is 24.8 Å². The van der Waals surface area contributed by atoms with E-state index < -0.39 is 0 Å². The average molecular weight is 472 g/mol.